The van der Waals surface area contributed by atoms with Gasteiger partial charge in [0, 0.05) is 5.56 Å². The first-order valence-corrected chi connectivity index (χ1v) is 7.59. The van der Waals surface area contributed by atoms with Crippen LogP contribution >= 0.6 is 24.0 Å². The van der Waals surface area contributed by atoms with E-state index in [-0.39, 0.29) is 11.5 Å². The lowest BCUT2D eigenvalue weighted by Crippen LogP contribution is -2.07. The normalized spacial score (nSPS) is 9.90. The second kappa shape index (κ2) is 8.74. The molecule has 0 aliphatic carbocycles. The van der Waals surface area contributed by atoms with Gasteiger partial charge in [-0.15, -0.1) is 0 Å². The van der Waals surface area contributed by atoms with Crippen molar-refractivity contribution in [3.63, 3.8) is 0 Å². The highest BCUT2D eigenvalue weighted by atomic mass is 32.2. The van der Waals surface area contributed by atoms with Crippen LogP contribution in [-0.4, -0.2) is 43.9 Å². The number of hydrogen-bond acceptors (Lipinski definition) is 7. The Morgan fingerprint density at radius 2 is 1.71 bits per heavy atom. The van der Waals surface area contributed by atoms with E-state index in [2.05, 4.69) is 0 Å². The molecule has 0 atom stereocenters. The molecule has 0 amide bonds. The summed E-state index contributed by atoms with van der Waals surface area (Å²) >= 11 is 6.17. The van der Waals surface area contributed by atoms with Crippen LogP contribution in [0, 0.1) is 0 Å². The Kier molecular flexibility index (Phi) is 7.31. The van der Waals surface area contributed by atoms with Crippen molar-refractivity contribution in [2.24, 2.45) is 0 Å². The number of carbonyl (C=O) groups is 1. The van der Waals surface area contributed by atoms with Crippen LogP contribution in [0.2, 0.25) is 0 Å². The van der Waals surface area contributed by atoms with Crippen molar-refractivity contribution in [3.8, 4) is 17.2 Å². The van der Waals surface area contributed by atoms with E-state index < -0.39 is 0 Å². The maximum atomic E-state index is 12.2. The van der Waals surface area contributed by atoms with E-state index in [4.69, 9.17) is 31.2 Å². The van der Waals surface area contributed by atoms with Gasteiger partial charge in [-0.05, 0) is 31.3 Å². The second-order valence-corrected chi connectivity index (χ2v) is 5.39. The van der Waals surface area contributed by atoms with Crippen LogP contribution in [0.5, 0.6) is 17.2 Å². The number of hydrogen-bond donors (Lipinski definition) is 0. The Labute approximate surface area is 133 Å². The number of rotatable bonds is 7. The smallest absolute Gasteiger partial charge is 0.220 e. The summed E-state index contributed by atoms with van der Waals surface area (Å²) in [5.74, 6) is 1.43. The van der Waals surface area contributed by atoms with Crippen molar-refractivity contribution in [2.45, 2.75) is 6.92 Å². The van der Waals surface area contributed by atoms with Crippen molar-refractivity contribution >= 4 is 34.1 Å². The Hall–Kier alpha value is -1.47. The first-order chi connectivity index (χ1) is 10.1. The molecule has 0 saturated heterocycles. The molecule has 0 aliphatic rings. The Balaban J connectivity index is 2.92. The third-order valence-electron chi connectivity index (χ3n) is 2.57. The van der Waals surface area contributed by atoms with Crippen molar-refractivity contribution in [1.82, 2.24) is 0 Å². The number of carbonyl (C=O) groups excluding carboxylic acids is 1. The summed E-state index contributed by atoms with van der Waals surface area (Å²) in [4.78, 5) is 12.2. The van der Waals surface area contributed by atoms with E-state index in [1.807, 2.05) is 6.92 Å². The van der Waals surface area contributed by atoms with Crippen LogP contribution in [0.1, 0.15) is 17.3 Å². The molecule has 0 saturated carbocycles. The van der Waals surface area contributed by atoms with E-state index >= 15 is 0 Å². The highest BCUT2D eigenvalue weighted by Gasteiger charge is 2.17. The molecule has 1 rings (SSSR count). The molecule has 21 heavy (non-hydrogen) atoms. The summed E-state index contributed by atoms with van der Waals surface area (Å²) in [6, 6.07) is 3.24. The summed E-state index contributed by atoms with van der Waals surface area (Å²) in [6.07, 6.45) is 0. The molecule has 0 unspecified atom stereocenters. The summed E-state index contributed by atoms with van der Waals surface area (Å²) in [5, 5.41) is 0. The van der Waals surface area contributed by atoms with Crippen LogP contribution in [-0.2, 0) is 4.74 Å². The molecule has 0 heterocycles. The van der Waals surface area contributed by atoms with Gasteiger partial charge < -0.3 is 18.9 Å². The van der Waals surface area contributed by atoms with E-state index in [1.54, 1.807) is 12.1 Å². The predicted octanol–water partition coefficient (Wildman–Crippen LogP) is 2.95. The standard InChI is InChI=1S/C14H18O5S2/c1-5-19-14(20)21-8-10(15)9-6-11(16-2)13(18-4)12(7-9)17-3/h6-7H,5,8H2,1-4H3. The molecular weight excluding hydrogens is 312 g/mol. The van der Waals surface area contributed by atoms with Crippen LogP contribution in [0.15, 0.2) is 12.1 Å². The average molecular weight is 330 g/mol. The zero-order valence-electron chi connectivity index (χ0n) is 12.4. The molecule has 0 radical (unpaired) electrons. The van der Waals surface area contributed by atoms with Gasteiger partial charge >= 0.3 is 0 Å². The summed E-state index contributed by atoms with van der Waals surface area (Å²) < 4.78 is 21.1. The van der Waals surface area contributed by atoms with Gasteiger partial charge in [-0.2, -0.15) is 0 Å². The van der Waals surface area contributed by atoms with Gasteiger partial charge in [-0.3, -0.25) is 4.79 Å². The van der Waals surface area contributed by atoms with E-state index in [1.165, 1.54) is 33.1 Å². The fourth-order valence-corrected chi connectivity index (χ4v) is 2.52. The molecular formula is C14H18O5S2. The summed E-state index contributed by atoms with van der Waals surface area (Å²) in [7, 11) is 4.52. The van der Waals surface area contributed by atoms with Crippen molar-refractivity contribution in [3.05, 3.63) is 17.7 Å². The summed E-state index contributed by atoms with van der Waals surface area (Å²) in [6.45, 7) is 2.33. The Morgan fingerprint density at radius 1 is 1.14 bits per heavy atom. The van der Waals surface area contributed by atoms with Gasteiger partial charge in [0.1, 0.15) is 0 Å². The fourth-order valence-electron chi connectivity index (χ4n) is 1.61. The molecule has 1 aromatic rings. The van der Waals surface area contributed by atoms with E-state index in [9.17, 15) is 4.79 Å². The highest BCUT2D eigenvalue weighted by molar-refractivity contribution is 8.23. The maximum absolute atomic E-state index is 12.2. The molecule has 7 heteroatoms. The molecule has 0 spiro atoms. The number of ketones is 1. The van der Waals surface area contributed by atoms with Crippen LogP contribution in [0.25, 0.3) is 0 Å². The quantitative estimate of drug-likeness (QED) is 0.563. The molecule has 5 nitrogen and oxygen atoms in total. The third-order valence-corrected chi connectivity index (χ3v) is 3.80. The van der Waals surface area contributed by atoms with Gasteiger partial charge in [-0.1, -0.05) is 11.8 Å². The molecule has 0 bridgehead atoms. The number of thioether (sulfide) groups is 1. The minimum absolute atomic E-state index is 0.0960. The molecule has 0 fully saturated rings. The molecule has 1 aromatic carbocycles. The first-order valence-electron chi connectivity index (χ1n) is 6.20. The predicted molar refractivity (Wildman–Crippen MR) is 87.1 cm³/mol. The maximum Gasteiger partial charge on any atom is 0.220 e. The van der Waals surface area contributed by atoms with E-state index in [0.29, 0.717) is 33.8 Å². The van der Waals surface area contributed by atoms with Crippen LogP contribution < -0.4 is 14.2 Å². The largest absolute Gasteiger partial charge is 0.493 e. The van der Waals surface area contributed by atoms with Gasteiger partial charge in [0.15, 0.2) is 17.3 Å². The second-order valence-electron chi connectivity index (χ2n) is 3.81. The minimum Gasteiger partial charge on any atom is -0.493 e. The Bertz CT molecular complexity index is 491. The fraction of sp³-hybridized carbons (Fsp3) is 0.429. The number of thiocarbonyl (C=S) groups is 1. The topological polar surface area (TPSA) is 54.0 Å². The lowest BCUT2D eigenvalue weighted by atomic mass is 10.1. The average Bonchev–Trinajstić information content (AvgIpc) is 2.51. The van der Waals surface area contributed by atoms with Crippen molar-refractivity contribution in [1.29, 1.82) is 0 Å². The monoisotopic (exact) mass is 330 g/mol. The lowest BCUT2D eigenvalue weighted by Gasteiger charge is -2.13. The number of Topliss-reactive ketones (excluding diaryl/α,β-unsaturated/α-hetero) is 1. The zero-order chi connectivity index (χ0) is 15.8. The lowest BCUT2D eigenvalue weighted by molar-refractivity contribution is 0.102. The zero-order valence-corrected chi connectivity index (χ0v) is 14.1. The summed E-state index contributed by atoms with van der Waals surface area (Å²) in [5.41, 5.74) is 0.469. The number of methoxy groups -OCH3 is 3. The van der Waals surface area contributed by atoms with Gasteiger partial charge in [0.05, 0.1) is 33.7 Å². The van der Waals surface area contributed by atoms with Crippen LogP contribution in [0.4, 0.5) is 0 Å². The van der Waals surface area contributed by atoms with Crippen molar-refractivity contribution < 1.29 is 23.7 Å². The minimum atomic E-state index is -0.0960. The number of benzene rings is 1. The van der Waals surface area contributed by atoms with Gasteiger partial charge in [0.25, 0.3) is 0 Å². The van der Waals surface area contributed by atoms with Gasteiger partial charge in [-0.25, -0.2) is 0 Å². The SMILES string of the molecule is CCOC(=S)SCC(=O)c1cc(OC)c(OC)c(OC)c1. The van der Waals surface area contributed by atoms with Gasteiger partial charge in [0.2, 0.25) is 10.1 Å². The number of ether oxygens (including phenoxy) is 4. The van der Waals surface area contributed by atoms with Crippen LogP contribution in [0.3, 0.4) is 0 Å². The molecule has 0 aliphatic heterocycles. The first kappa shape index (κ1) is 17.6. The molecule has 0 N–H and O–H groups in total. The Morgan fingerprint density at radius 3 is 2.14 bits per heavy atom. The third kappa shape index (κ3) is 4.78. The van der Waals surface area contributed by atoms with E-state index in [0.717, 1.165) is 0 Å². The van der Waals surface area contributed by atoms with Crippen molar-refractivity contribution in [2.75, 3.05) is 33.7 Å². The molecule has 116 valence electrons. The highest BCUT2D eigenvalue weighted by Crippen LogP contribution is 2.38. The molecule has 0 aromatic heterocycles.